The summed E-state index contributed by atoms with van der Waals surface area (Å²) in [5.74, 6) is -0.680. The molecule has 0 aromatic carbocycles. The molecule has 0 aliphatic rings. The van der Waals surface area contributed by atoms with E-state index >= 15 is 0 Å². The van der Waals surface area contributed by atoms with Gasteiger partial charge in [-0.15, -0.1) is 0 Å². The van der Waals surface area contributed by atoms with Crippen LogP contribution in [0.25, 0.3) is 0 Å². The average molecular weight is 230 g/mol. The third-order valence-electron chi connectivity index (χ3n) is 2.05. The van der Waals surface area contributed by atoms with E-state index in [4.69, 9.17) is 5.73 Å². The molecule has 0 radical (unpaired) electrons. The zero-order chi connectivity index (χ0) is 12.7. The van der Waals surface area contributed by atoms with Crippen molar-refractivity contribution in [3.8, 4) is 0 Å². The number of likely N-dealkylation sites (N-methyl/N-ethyl adjacent to an activating group) is 1. The summed E-state index contributed by atoms with van der Waals surface area (Å²) in [7, 11) is 1.67. The number of carbonyl (C=O) groups excluding carboxylic acids is 3. The predicted molar refractivity (Wildman–Crippen MR) is 58.5 cm³/mol. The van der Waals surface area contributed by atoms with Crippen molar-refractivity contribution in [2.45, 2.75) is 19.9 Å². The van der Waals surface area contributed by atoms with Gasteiger partial charge in [-0.05, 0) is 13.8 Å². The summed E-state index contributed by atoms with van der Waals surface area (Å²) in [4.78, 5) is 34.4. The monoisotopic (exact) mass is 230 g/mol. The topological polar surface area (TPSA) is 105 Å². The van der Waals surface area contributed by atoms with E-state index in [1.165, 1.54) is 4.90 Å². The number of hydrogen-bond donors (Lipinski definition) is 3. The van der Waals surface area contributed by atoms with E-state index in [2.05, 4.69) is 5.32 Å². The first-order valence-electron chi connectivity index (χ1n) is 4.96. The zero-order valence-electron chi connectivity index (χ0n) is 9.74. The quantitative estimate of drug-likeness (QED) is 0.542. The maximum atomic E-state index is 11.5. The third-order valence-corrected chi connectivity index (χ3v) is 2.05. The van der Waals surface area contributed by atoms with Crippen LogP contribution in [0.5, 0.6) is 0 Å². The lowest BCUT2D eigenvalue weighted by molar-refractivity contribution is -0.131. The van der Waals surface area contributed by atoms with Crippen LogP contribution in [0, 0.1) is 0 Å². The van der Waals surface area contributed by atoms with Gasteiger partial charge in [0.25, 0.3) is 0 Å². The van der Waals surface area contributed by atoms with Gasteiger partial charge in [0.05, 0.1) is 12.6 Å². The highest BCUT2D eigenvalue weighted by molar-refractivity contribution is 5.94. The minimum absolute atomic E-state index is 0.116. The highest BCUT2D eigenvalue weighted by Crippen LogP contribution is 1.90. The summed E-state index contributed by atoms with van der Waals surface area (Å²) in [5.41, 5.74) is 4.76. The number of hydrogen-bond acceptors (Lipinski definition) is 4. The Morgan fingerprint density at radius 2 is 1.94 bits per heavy atom. The largest absolute Gasteiger partial charge is 0.351 e. The first kappa shape index (κ1) is 14.4. The fourth-order valence-corrected chi connectivity index (χ4v) is 1.00. The van der Waals surface area contributed by atoms with E-state index in [0.717, 1.165) is 0 Å². The van der Waals surface area contributed by atoms with E-state index in [-0.39, 0.29) is 12.5 Å². The first-order valence-corrected chi connectivity index (χ1v) is 4.96. The normalized spacial score (nSPS) is 11.7. The molecule has 0 rings (SSSR count). The van der Waals surface area contributed by atoms with Crippen molar-refractivity contribution < 1.29 is 14.4 Å². The van der Waals surface area contributed by atoms with Crippen LogP contribution in [0.3, 0.4) is 0 Å². The molecule has 16 heavy (non-hydrogen) atoms. The molecule has 0 aromatic rings. The highest BCUT2D eigenvalue weighted by Gasteiger charge is 2.16. The van der Waals surface area contributed by atoms with Crippen LogP contribution in [0.1, 0.15) is 13.8 Å². The van der Waals surface area contributed by atoms with E-state index in [0.29, 0.717) is 6.54 Å². The maximum absolute atomic E-state index is 11.5. The molecule has 0 spiro atoms. The lowest BCUT2D eigenvalue weighted by Gasteiger charge is -2.20. The number of primary amides is 1. The van der Waals surface area contributed by atoms with E-state index in [1.54, 1.807) is 14.0 Å². The van der Waals surface area contributed by atoms with Gasteiger partial charge in [0.2, 0.25) is 11.8 Å². The molecule has 0 aliphatic heterocycles. The van der Waals surface area contributed by atoms with Crippen molar-refractivity contribution >= 4 is 17.8 Å². The molecule has 0 heterocycles. The maximum Gasteiger partial charge on any atom is 0.318 e. The number of nitrogens with two attached hydrogens (primary N) is 1. The lowest BCUT2D eigenvalue weighted by atomic mass is 10.3. The molecule has 0 saturated heterocycles. The van der Waals surface area contributed by atoms with E-state index in [1.807, 2.05) is 12.2 Å². The molecule has 4 N–H and O–H groups in total. The van der Waals surface area contributed by atoms with Gasteiger partial charge < -0.3 is 10.6 Å². The molecule has 7 nitrogen and oxygen atoms in total. The van der Waals surface area contributed by atoms with Gasteiger partial charge in [-0.2, -0.15) is 0 Å². The fraction of sp³-hybridized carbons (Fsp3) is 0.667. The van der Waals surface area contributed by atoms with Crippen LogP contribution in [0.4, 0.5) is 4.79 Å². The Morgan fingerprint density at radius 1 is 1.38 bits per heavy atom. The Balaban J connectivity index is 3.97. The molecular weight excluding hydrogens is 212 g/mol. The molecule has 0 fully saturated rings. The Morgan fingerprint density at radius 3 is 2.38 bits per heavy atom. The smallest absolute Gasteiger partial charge is 0.318 e. The summed E-state index contributed by atoms with van der Waals surface area (Å²) in [5, 5.41) is 4.58. The Kier molecular flexibility index (Phi) is 6.09. The summed E-state index contributed by atoms with van der Waals surface area (Å²) in [6, 6.07) is -1.39. The van der Waals surface area contributed by atoms with Gasteiger partial charge in [0.15, 0.2) is 0 Å². The zero-order valence-corrected chi connectivity index (χ0v) is 9.74. The minimum atomic E-state index is -0.906. The first-order chi connectivity index (χ1) is 7.38. The van der Waals surface area contributed by atoms with Crippen LogP contribution >= 0.6 is 0 Å². The average Bonchev–Trinajstić information content (AvgIpc) is 2.22. The number of nitrogens with one attached hydrogen (secondary N) is 2. The summed E-state index contributed by atoms with van der Waals surface area (Å²) in [6.07, 6.45) is 0. The number of carbonyl (C=O) groups is 3. The van der Waals surface area contributed by atoms with Crippen LogP contribution in [0.2, 0.25) is 0 Å². The third kappa shape index (κ3) is 5.30. The van der Waals surface area contributed by atoms with Gasteiger partial charge in [-0.1, -0.05) is 0 Å². The van der Waals surface area contributed by atoms with Crippen molar-refractivity contribution in [1.29, 1.82) is 0 Å². The van der Waals surface area contributed by atoms with Crippen molar-refractivity contribution in [1.82, 2.24) is 15.5 Å². The molecule has 4 amide bonds. The Hall–Kier alpha value is -1.63. The Labute approximate surface area is 94.3 Å². The molecule has 0 aliphatic carbocycles. The lowest BCUT2D eigenvalue weighted by Crippen LogP contribution is -2.48. The summed E-state index contributed by atoms with van der Waals surface area (Å²) >= 11 is 0. The van der Waals surface area contributed by atoms with E-state index in [9.17, 15) is 14.4 Å². The second-order valence-electron chi connectivity index (χ2n) is 3.37. The predicted octanol–water partition coefficient (Wildman–Crippen LogP) is -1.36. The number of urea groups is 1. The van der Waals surface area contributed by atoms with Gasteiger partial charge in [0, 0.05) is 13.6 Å². The Bertz CT molecular complexity index is 280. The van der Waals surface area contributed by atoms with Crippen LogP contribution < -0.4 is 16.4 Å². The SMILES string of the molecule is CCN(C)C(=O)C(C)NCC(=O)NC(N)=O. The molecular formula is C9H18N4O3. The number of nitrogens with zero attached hydrogens (tertiary/aromatic N) is 1. The van der Waals surface area contributed by atoms with Gasteiger partial charge in [-0.3, -0.25) is 20.2 Å². The molecule has 7 heteroatoms. The van der Waals surface area contributed by atoms with Crippen LogP contribution in [-0.2, 0) is 9.59 Å². The van der Waals surface area contributed by atoms with Crippen molar-refractivity contribution in [3.63, 3.8) is 0 Å². The second kappa shape index (κ2) is 6.78. The van der Waals surface area contributed by atoms with Gasteiger partial charge in [-0.25, -0.2) is 4.79 Å². The fourth-order valence-electron chi connectivity index (χ4n) is 1.00. The minimum Gasteiger partial charge on any atom is -0.351 e. The highest BCUT2D eigenvalue weighted by atomic mass is 16.2. The van der Waals surface area contributed by atoms with Crippen LogP contribution in [0.15, 0.2) is 0 Å². The molecule has 0 saturated carbocycles. The van der Waals surface area contributed by atoms with Crippen LogP contribution in [-0.4, -0.2) is 48.9 Å². The molecule has 0 aromatic heterocycles. The number of rotatable bonds is 5. The number of amides is 4. The number of imide groups is 1. The van der Waals surface area contributed by atoms with Crippen molar-refractivity contribution in [2.24, 2.45) is 5.73 Å². The van der Waals surface area contributed by atoms with Gasteiger partial charge >= 0.3 is 6.03 Å². The van der Waals surface area contributed by atoms with Crippen molar-refractivity contribution in [2.75, 3.05) is 20.1 Å². The van der Waals surface area contributed by atoms with Crippen molar-refractivity contribution in [3.05, 3.63) is 0 Å². The molecule has 0 bridgehead atoms. The summed E-state index contributed by atoms with van der Waals surface area (Å²) < 4.78 is 0. The van der Waals surface area contributed by atoms with E-state index < -0.39 is 18.0 Å². The summed E-state index contributed by atoms with van der Waals surface area (Å²) in [6.45, 7) is 3.96. The van der Waals surface area contributed by atoms with Gasteiger partial charge in [0.1, 0.15) is 0 Å². The standard InChI is InChI=1S/C9H18N4O3/c1-4-13(3)8(15)6(2)11-5-7(14)12-9(10)16/h6,11H,4-5H2,1-3H3,(H3,10,12,14,16). The molecule has 92 valence electrons. The molecule has 1 unspecified atom stereocenters. The second-order valence-corrected chi connectivity index (χ2v) is 3.37. The molecule has 1 atom stereocenters.